The zero-order valence-corrected chi connectivity index (χ0v) is 11.6. The third-order valence-corrected chi connectivity index (χ3v) is 3.13. The number of aliphatic hydroxyl groups is 1. The van der Waals surface area contributed by atoms with Gasteiger partial charge in [-0.1, -0.05) is 13.3 Å². The van der Waals surface area contributed by atoms with Crippen LogP contribution in [0.15, 0.2) is 24.3 Å². The summed E-state index contributed by atoms with van der Waals surface area (Å²) in [6.45, 7) is 1.30. The molecule has 1 aromatic rings. The van der Waals surface area contributed by atoms with Crippen LogP contribution in [0.1, 0.15) is 19.8 Å². The van der Waals surface area contributed by atoms with E-state index in [2.05, 4.69) is 5.32 Å². The summed E-state index contributed by atoms with van der Waals surface area (Å²) in [4.78, 5) is 0. The molecule has 1 aromatic carbocycles. The average Bonchev–Trinajstić information content (AvgIpc) is 2.42. The first kappa shape index (κ1) is 16.6. The van der Waals surface area contributed by atoms with Crippen LogP contribution >= 0.6 is 0 Å². The Labute approximate surface area is 116 Å². The second kappa shape index (κ2) is 7.38. The number of anilines is 1. The van der Waals surface area contributed by atoms with E-state index in [0.717, 1.165) is 0 Å². The largest absolute Gasteiger partial charge is 0.497 e. The van der Waals surface area contributed by atoms with Crippen LogP contribution in [0, 0.1) is 5.92 Å². The van der Waals surface area contributed by atoms with Crippen molar-refractivity contribution in [2.45, 2.75) is 32.0 Å². The lowest BCUT2D eigenvalue weighted by Gasteiger charge is -2.29. The molecule has 0 saturated heterocycles. The van der Waals surface area contributed by atoms with E-state index in [1.807, 2.05) is 0 Å². The number of methoxy groups -OCH3 is 1. The normalized spacial score (nSPS) is 14.7. The zero-order valence-electron chi connectivity index (χ0n) is 11.6. The Morgan fingerprint density at radius 1 is 1.25 bits per heavy atom. The highest BCUT2D eigenvalue weighted by Gasteiger charge is 2.44. The molecule has 20 heavy (non-hydrogen) atoms. The Balaban J connectivity index is 2.88. The van der Waals surface area contributed by atoms with Gasteiger partial charge in [0.2, 0.25) is 0 Å². The fourth-order valence-electron chi connectivity index (χ4n) is 2.07. The maximum Gasteiger partial charge on any atom is 0.408 e. The Morgan fingerprint density at radius 2 is 1.85 bits per heavy atom. The number of halogens is 3. The summed E-state index contributed by atoms with van der Waals surface area (Å²) in [5.74, 6) is -0.284. The molecule has 0 aliphatic rings. The van der Waals surface area contributed by atoms with Crippen LogP contribution in [-0.2, 0) is 0 Å². The minimum atomic E-state index is -4.41. The molecule has 2 N–H and O–H groups in total. The van der Waals surface area contributed by atoms with E-state index in [9.17, 15) is 18.3 Å². The fourth-order valence-corrected chi connectivity index (χ4v) is 2.07. The van der Waals surface area contributed by atoms with E-state index >= 15 is 0 Å². The van der Waals surface area contributed by atoms with Crippen LogP contribution in [0.2, 0.25) is 0 Å². The number of benzene rings is 1. The number of nitrogens with one attached hydrogen (secondary N) is 1. The Hall–Kier alpha value is -1.43. The van der Waals surface area contributed by atoms with Gasteiger partial charge in [0.05, 0.1) is 7.11 Å². The number of hydrogen-bond donors (Lipinski definition) is 2. The van der Waals surface area contributed by atoms with Gasteiger partial charge in [-0.05, 0) is 30.7 Å². The van der Waals surface area contributed by atoms with Crippen molar-refractivity contribution in [3.8, 4) is 5.75 Å². The van der Waals surface area contributed by atoms with E-state index in [1.54, 1.807) is 19.1 Å². The van der Waals surface area contributed by atoms with Gasteiger partial charge in [0, 0.05) is 18.2 Å². The van der Waals surface area contributed by atoms with Crippen molar-refractivity contribution in [2.24, 2.45) is 5.92 Å². The van der Waals surface area contributed by atoms with Crippen molar-refractivity contribution >= 4 is 5.69 Å². The van der Waals surface area contributed by atoms with Crippen molar-refractivity contribution in [3.63, 3.8) is 0 Å². The smallest absolute Gasteiger partial charge is 0.408 e. The maximum atomic E-state index is 13.1. The molecule has 0 fully saturated rings. The highest BCUT2D eigenvalue weighted by Crippen LogP contribution is 2.31. The minimum Gasteiger partial charge on any atom is -0.497 e. The number of ether oxygens (including phenoxy) is 1. The zero-order chi connectivity index (χ0) is 15.2. The predicted octanol–water partition coefficient (Wildman–Crippen LogP) is 3.45. The minimum absolute atomic E-state index is 0.309. The van der Waals surface area contributed by atoms with Crippen molar-refractivity contribution in [3.05, 3.63) is 24.3 Å². The third-order valence-electron chi connectivity index (χ3n) is 3.13. The molecule has 114 valence electrons. The molecule has 0 radical (unpaired) electrons. The molecule has 0 aliphatic carbocycles. The number of hydrogen-bond acceptors (Lipinski definition) is 3. The second-order valence-electron chi connectivity index (χ2n) is 4.62. The van der Waals surface area contributed by atoms with Gasteiger partial charge in [-0.2, -0.15) is 13.2 Å². The lowest BCUT2D eigenvalue weighted by Crippen LogP contribution is -2.44. The Bertz CT molecular complexity index is 392. The van der Waals surface area contributed by atoms with E-state index in [4.69, 9.17) is 4.74 Å². The van der Waals surface area contributed by atoms with Gasteiger partial charge in [0.15, 0.2) is 0 Å². The monoisotopic (exact) mass is 291 g/mol. The van der Waals surface area contributed by atoms with Crippen molar-refractivity contribution in [1.29, 1.82) is 0 Å². The van der Waals surface area contributed by atoms with Crippen molar-refractivity contribution < 1.29 is 23.0 Å². The van der Waals surface area contributed by atoms with E-state index in [1.165, 1.54) is 19.2 Å². The summed E-state index contributed by atoms with van der Waals surface area (Å²) in [7, 11) is 1.49. The van der Waals surface area contributed by atoms with Crippen LogP contribution in [0.25, 0.3) is 0 Å². The Kier molecular flexibility index (Phi) is 6.13. The summed E-state index contributed by atoms with van der Waals surface area (Å²) in [5.41, 5.74) is 0.350. The molecule has 0 heterocycles. The molecule has 0 saturated carbocycles. The summed E-state index contributed by atoms with van der Waals surface area (Å²) in [6.07, 6.45) is -3.52. The van der Waals surface area contributed by atoms with Gasteiger partial charge in [0.1, 0.15) is 11.8 Å². The summed E-state index contributed by atoms with van der Waals surface area (Å²) in [6, 6.07) is 4.46. The lowest BCUT2D eigenvalue weighted by atomic mass is 9.94. The van der Waals surface area contributed by atoms with Gasteiger partial charge < -0.3 is 15.2 Å². The molecule has 0 spiro atoms. The number of alkyl halides is 3. The van der Waals surface area contributed by atoms with Crippen molar-refractivity contribution in [2.75, 3.05) is 19.0 Å². The SMILES string of the molecule is CCC[C@H](CO)[C@H](Nc1ccc(OC)cc1)C(F)(F)F. The molecule has 1 rings (SSSR count). The second-order valence-corrected chi connectivity index (χ2v) is 4.62. The molecule has 0 aromatic heterocycles. The van der Waals surface area contributed by atoms with Crippen molar-refractivity contribution in [1.82, 2.24) is 0 Å². The maximum absolute atomic E-state index is 13.1. The predicted molar refractivity (Wildman–Crippen MR) is 71.9 cm³/mol. The first-order chi connectivity index (χ1) is 9.42. The number of rotatable bonds is 7. The summed E-state index contributed by atoms with van der Waals surface area (Å²) in [5, 5.41) is 11.7. The number of aliphatic hydroxyl groups excluding tert-OH is 1. The van der Waals surface area contributed by atoms with E-state index in [-0.39, 0.29) is 0 Å². The van der Waals surface area contributed by atoms with Gasteiger partial charge in [-0.15, -0.1) is 0 Å². The van der Waals surface area contributed by atoms with Crippen LogP contribution in [0.5, 0.6) is 5.75 Å². The van der Waals surface area contributed by atoms with Gasteiger partial charge >= 0.3 is 6.18 Å². The van der Waals surface area contributed by atoms with E-state index in [0.29, 0.717) is 24.3 Å². The van der Waals surface area contributed by atoms with Crippen LogP contribution < -0.4 is 10.1 Å². The first-order valence-electron chi connectivity index (χ1n) is 6.50. The average molecular weight is 291 g/mol. The fraction of sp³-hybridized carbons (Fsp3) is 0.571. The molecule has 0 aliphatic heterocycles. The molecular weight excluding hydrogens is 271 g/mol. The molecule has 0 bridgehead atoms. The standard InChI is InChI=1S/C14H20F3NO2/c1-3-4-10(9-19)13(14(15,16)17)18-11-5-7-12(20-2)8-6-11/h5-8,10,13,18-19H,3-4,9H2,1-2H3/t10-,13+/m1/s1. The highest BCUT2D eigenvalue weighted by atomic mass is 19.4. The van der Waals surface area contributed by atoms with E-state index < -0.39 is 24.7 Å². The van der Waals surface area contributed by atoms with Gasteiger partial charge in [0.25, 0.3) is 0 Å². The highest BCUT2D eigenvalue weighted by molar-refractivity contribution is 5.47. The first-order valence-corrected chi connectivity index (χ1v) is 6.50. The molecule has 2 atom stereocenters. The van der Waals surface area contributed by atoms with Crippen LogP contribution in [0.3, 0.4) is 0 Å². The summed E-state index contributed by atoms with van der Waals surface area (Å²) >= 11 is 0. The molecular formula is C14H20F3NO2. The third kappa shape index (κ3) is 4.59. The Morgan fingerprint density at radius 3 is 2.25 bits per heavy atom. The van der Waals surface area contributed by atoms with Crippen LogP contribution in [-0.4, -0.2) is 31.0 Å². The van der Waals surface area contributed by atoms with Crippen LogP contribution in [0.4, 0.5) is 18.9 Å². The summed E-state index contributed by atoms with van der Waals surface area (Å²) < 4.78 is 44.3. The topological polar surface area (TPSA) is 41.5 Å². The quantitative estimate of drug-likeness (QED) is 0.808. The van der Waals surface area contributed by atoms with Gasteiger partial charge in [-0.3, -0.25) is 0 Å². The molecule has 0 amide bonds. The van der Waals surface area contributed by atoms with Gasteiger partial charge in [-0.25, -0.2) is 0 Å². The molecule has 3 nitrogen and oxygen atoms in total. The lowest BCUT2D eigenvalue weighted by molar-refractivity contribution is -0.157. The molecule has 6 heteroatoms. The molecule has 0 unspecified atom stereocenters.